The molecule has 1 aromatic rings. The van der Waals surface area contributed by atoms with Crippen molar-refractivity contribution in [1.82, 2.24) is 0 Å². The van der Waals surface area contributed by atoms with Gasteiger partial charge in [-0.05, 0) is 0 Å². The number of ether oxygens (including phenoxy) is 2. The fourth-order valence-electron chi connectivity index (χ4n) is 3.57. The summed E-state index contributed by atoms with van der Waals surface area (Å²) in [5.74, 6) is -0.390. The van der Waals surface area contributed by atoms with Crippen LogP contribution in [0.25, 0.3) is 0 Å². The van der Waals surface area contributed by atoms with Gasteiger partial charge in [0, 0.05) is 0 Å². The summed E-state index contributed by atoms with van der Waals surface area (Å²) >= 11 is 0.160. The number of fused-ring (bicyclic) bond motifs is 2. The zero-order chi connectivity index (χ0) is 18.0. The molecule has 0 radical (unpaired) electrons. The Morgan fingerprint density at radius 2 is 2.08 bits per heavy atom. The fourth-order valence-corrected chi connectivity index (χ4v) is 6.19. The Hall–Kier alpha value is -1.20. The van der Waals surface area contributed by atoms with Crippen molar-refractivity contribution in [1.29, 1.82) is 0 Å². The zero-order valence-electron chi connectivity index (χ0n) is 14.5. The van der Waals surface area contributed by atoms with E-state index in [9.17, 15) is 14.7 Å². The van der Waals surface area contributed by atoms with Crippen molar-refractivity contribution in [3.63, 3.8) is 0 Å². The van der Waals surface area contributed by atoms with E-state index in [1.807, 2.05) is 18.2 Å². The SMILES string of the molecule is CC(=O)O[C@H]1CCC(=O)[C@H]2C[C@H]([Se]c3ccccc3)[C@@H](C[C@@]1(C)O)O2. The molecular weight excluding hydrogens is 387 g/mol. The average molecular weight is 411 g/mol. The number of carbonyl (C=O) groups excluding carboxylic acids is 2. The van der Waals surface area contributed by atoms with Crippen LogP contribution in [-0.2, 0) is 19.1 Å². The summed E-state index contributed by atoms with van der Waals surface area (Å²) in [7, 11) is 0. The normalized spacial score (nSPS) is 35.6. The van der Waals surface area contributed by atoms with Crippen LogP contribution in [0.3, 0.4) is 0 Å². The van der Waals surface area contributed by atoms with Gasteiger partial charge in [0.1, 0.15) is 0 Å². The van der Waals surface area contributed by atoms with Crippen LogP contribution in [0.2, 0.25) is 4.82 Å². The predicted molar refractivity (Wildman–Crippen MR) is 93.9 cm³/mol. The predicted octanol–water partition coefficient (Wildman–Crippen LogP) is 1.40. The van der Waals surface area contributed by atoms with Gasteiger partial charge in [0.15, 0.2) is 0 Å². The van der Waals surface area contributed by atoms with E-state index >= 15 is 0 Å². The molecule has 2 fully saturated rings. The van der Waals surface area contributed by atoms with Gasteiger partial charge in [0.25, 0.3) is 0 Å². The Kier molecular flexibility index (Phi) is 5.64. The van der Waals surface area contributed by atoms with Gasteiger partial charge in [-0.25, -0.2) is 0 Å². The summed E-state index contributed by atoms with van der Waals surface area (Å²) in [6.45, 7) is 3.01. The number of carbonyl (C=O) groups is 2. The first-order valence-electron chi connectivity index (χ1n) is 8.64. The van der Waals surface area contributed by atoms with Gasteiger partial charge < -0.3 is 0 Å². The molecule has 2 aliphatic rings. The molecule has 0 saturated carbocycles. The molecule has 5 atom stereocenters. The summed E-state index contributed by atoms with van der Waals surface area (Å²) in [5.41, 5.74) is -1.21. The minimum absolute atomic E-state index is 0.0474. The molecule has 5 nitrogen and oxygen atoms in total. The van der Waals surface area contributed by atoms with E-state index in [-0.39, 0.29) is 38.1 Å². The van der Waals surface area contributed by atoms with Crippen LogP contribution in [0.1, 0.15) is 39.5 Å². The third kappa shape index (κ3) is 4.50. The first-order valence-corrected chi connectivity index (χ1v) is 10.5. The average Bonchev–Trinajstić information content (AvgIpc) is 2.94. The summed E-state index contributed by atoms with van der Waals surface area (Å²) < 4.78 is 12.6. The second kappa shape index (κ2) is 7.58. The molecule has 0 aromatic heterocycles. The Labute approximate surface area is 154 Å². The molecule has 1 N–H and O–H groups in total. The maximum absolute atomic E-state index is 12.5. The van der Waals surface area contributed by atoms with Gasteiger partial charge in [-0.1, -0.05) is 0 Å². The van der Waals surface area contributed by atoms with Crippen molar-refractivity contribution in [3.05, 3.63) is 30.3 Å². The maximum atomic E-state index is 12.5. The number of hydrogen-bond donors (Lipinski definition) is 1. The van der Waals surface area contributed by atoms with Crippen molar-refractivity contribution in [3.8, 4) is 0 Å². The number of ketones is 1. The molecule has 25 heavy (non-hydrogen) atoms. The number of aliphatic hydroxyl groups is 1. The van der Waals surface area contributed by atoms with Crippen LogP contribution in [0.15, 0.2) is 30.3 Å². The van der Waals surface area contributed by atoms with Gasteiger partial charge in [-0.3, -0.25) is 0 Å². The number of hydrogen-bond acceptors (Lipinski definition) is 5. The third-order valence-corrected chi connectivity index (χ3v) is 7.68. The van der Waals surface area contributed by atoms with Crippen LogP contribution in [-0.4, -0.2) is 55.7 Å². The topological polar surface area (TPSA) is 72.8 Å². The van der Waals surface area contributed by atoms with Crippen molar-refractivity contribution in [2.45, 2.75) is 68.3 Å². The fraction of sp³-hybridized carbons (Fsp3) is 0.579. The van der Waals surface area contributed by atoms with E-state index in [1.165, 1.54) is 11.4 Å². The number of rotatable bonds is 3. The monoisotopic (exact) mass is 412 g/mol. The summed E-state index contributed by atoms with van der Waals surface area (Å²) in [5, 5.41) is 10.9. The van der Waals surface area contributed by atoms with Crippen molar-refractivity contribution in [2.75, 3.05) is 0 Å². The third-order valence-electron chi connectivity index (χ3n) is 4.86. The number of esters is 1. The molecule has 2 bridgehead atoms. The molecule has 0 amide bonds. The quantitative estimate of drug-likeness (QED) is 0.602. The van der Waals surface area contributed by atoms with Crippen LogP contribution < -0.4 is 4.46 Å². The second-order valence-electron chi connectivity index (χ2n) is 7.03. The molecule has 6 heteroatoms. The molecule has 1 aromatic carbocycles. The molecule has 2 aliphatic heterocycles. The van der Waals surface area contributed by atoms with Gasteiger partial charge in [0.05, 0.1) is 0 Å². The van der Waals surface area contributed by atoms with E-state index in [1.54, 1.807) is 6.92 Å². The standard InChI is InChI=1S/C19H24O5Se/c1-12(20)23-18-9-8-14(21)15-10-17(16(24-15)11-19(18,2)22)25-13-6-4-3-5-7-13/h3-7,15-18,22H,8-11H2,1-2H3/t15-,16-,17+,18+,19-/m1/s1. The van der Waals surface area contributed by atoms with Gasteiger partial charge in [-0.2, -0.15) is 0 Å². The van der Waals surface area contributed by atoms with E-state index in [4.69, 9.17) is 9.47 Å². The van der Waals surface area contributed by atoms with Gasteiger partial charge in [-0.15, -0.1) is 0 Å². The van der Waals surface area contributed by atoms with Gasteiger partial charge >= 0.3 is 154 Å². The van der Waals surface area contributed by atoms with Crippen LogP contribution >= 0.6 is 0 Å². The first-order chi connectivity index (χ1) is 11.8. The van der Waals surface area contributed by atoms with Crippen LogP contribution in [0.5, 0.6) is 0 Å². The molecular formula is C19H24O5Se. The first kappa shape index (κ1) is 18.6. The molecule has 0 unspecified atom stereocenters. The van der Waals surface area contributed by atoms with Crippen molar-refractivity contribution >= 4 is 31.2 Å². The number of Topliss-reactive ketones (excluding diaryl/α,β-unsaturated/α-hetero) is 1. The van der Waals surface area contributed by atoms with Gasteiger partial charge in [0.2, 0.25) is 0 Å². The molecule has 3 rings (SSSR count). The molecule has 0 spiro atoms. The van der Waals surface area contributed by atoms with E-state index < -0.39 is 23.8 Å². The molecule has 0 aliphatic carbocycles. The summed E-state index contributed by atoms with van der Waals surface area (Å²) in [4.78, 5) is 24.1. The molecule has 2 heterocycles. The Morgan fingerprint density at radius 1 is 1.36 bits per heavy atom. The van der Waals surface area contributed by atoms with E-state index in [0.29, 0.717) is 19.3 Å². The zero-order valence-corrected chi connectivity index (χ0v) is 16.2. The summed E-state index contributed by atoms with van der Waals surface area (Å²) in [6.07, 6.45) is 0.415. The molecule has 136 valence electrons. The Bertz CT molecular complexity index is 630. The van der Waals surface area contributed by atoms with Crippen molar-refractivity contribution < 1.29 is 24.2 Å². The Balaban J connectivity index is 1.80. The second-order valence-corrected chi connectivity index (χ2v) is 9.79. The van der Waals surface area contributed by atoms with Crippen LogP contribution in [0, 0.1) is 0 Å². The minimum atomic E-state index is -1.21. The Morgan fingerprint density at radius 3 is 2.76 bits per heavy atom. The number of benzene rings is 1. The van der Waals surface area contributed by atoms with E-state index in [2.05, 4.69) is 12.1 Å². The van der Waals surface area contributed by atoms with Crippen LogP contribution in [0.4, 0.5) is 0 Å². The van der Waals surface area contributed by atoms with Crippen molar-refractivity contribution in [2.24, 2.45) is 0 Å². The van der Waals surface area contributed by atoms with E-state index in [0.717, 1.165) is 0 Å². The molecule has 2 saturated heterocycles. The summed E-state index contributed by atoms with van der Waals surface area (Å²) in [6, 6.07) is 10.2.